The van der Waals surface area contributed by atoms with E-state index in [0.717, 1.165) is 23.7 Å². The predicted octanol–water partition coefficient (Wildman–Crippen LogP) is 0.852. The van der Waals surface area contributed by atoms with Crippen molar-refractivity contribution in [3.8, 4) is 0 Å². The fourth-order valence-electron chi connectivity index (χ4n) is 2.03. The number of anilines is 1. The van der Waals surface area contributed by atoms with Gasteiger partial charge in [0, 0.05) is 25.1 Å². The van der Waals surface area contributed by atoms with Gasteiger partial charge in [0.15, 0.2) is 5.65 Å². The Morgan fingerprint density at radius 2 is 2.29 bits per heavy atom. The molecule has 3 rings (SSSR count). The first-order chi connectivity index (χ1) is 10.2. The Balaban J connectivity index is 1.93. The van der Waals surface area contributed by atoms with Gasteiger partial charge < -0.3 is 5.32 Å². The second kappa shape index (κ2) is 5.60. The minimum atomic E-state index is -0.123. The average Bonchev–Trinajstić information content (AvgIpc) is 3.07. The molecule has 3 heterocycles. The third-order valence-corrected chi connectivity index (χ3v) is 3.86. The Labute approximate surface area is 124 Å². The van der Waals surface area contributed by atoms with Crippen LogP contribution in [0, 0.1) is 0 Å². The van der Waals surface area contributed by atoms with Crippen molar-refractivity contribution in [3.05, 3.63) is 28.6 Å². The van der Waals surface area contributed by atoms with Gasteiger partial charge in [-0.2, -0.15) is 5.10 Å². The van der Waals surface area contributed by atoms with Crippen LogP contribution < -0.4 is 10.9 Å². The molecule has 0 radical (unpaired) electrons. The number of nitrogens with one attached hydrogen (secondary N) is 1. The van der Waals surface area contributed by atoms with Crippen LogP contribution in [0.3, 0.4) is 0 Å². The summed E-state index contributed by atoms with van der Waals surface area (Å²) in [5.74, 6) is 0. The minimum Gasteiger partial charge on any atom is -0.374 e. The molecule has 0 aliphatic heterocycles. The lowest BCUT2D eigenvalue weighted by molar-refractivity contribution is 0.719. The summed E-state index contributed by atoms with van der Waals surface area (Å²) in [6, 6.07) is 0. The number of hydrogen-bond donors (Lipinski definition) is 1. The van der Waals surface area contributed by atoms with Crippen LogP contribution in [-0.4, -0.2) is 35.5 Å². The molecule has 0 spiro atoms. The second-order valence-electron chi connectivity index (χ2n) is 4.66. The summed E-state index contributed by atoms with van der Waals surface area (Å²) in [5.41, 5.74) is 1.21. The summed E-state index contributed by atoms with van der Waals surface area (Å²) in [7, 11) is 1.76. The first-order valence-corrected chi connectivity index (χ1v) is 7.40. The third-order valence-electron chi connectivity index (χ3n) is 3.13. The van der Waals surface area contributed by atoms with Gasteiger partial charge in [-0.3, -0.25) is 14.0 Å². The molecular weight excluding hydrogens is 290 g/mol. The summed E-state index contributed by atoms with van der Waals surface area (Å²) in [6.45, 7) is 3.29. The van der Waals surface area contributed by atoms with E-state index in [1.165, 1.54) is 28.6 Å². The molecule has 3 aromatic heterocycles. The van der Waals surface area contributed by atoms with Crippen molar-refractivity contribution in [3.63, 3.8) is 0 Å². The van der Waals surface area contributed by atoms with Crippen molar-refractivity contribution in [2.24, 2.45) is 7.05 Å². The van der Waals surface area contributed by atoms with Crippen LogP contribution in [0.2, 0.25) is 0 Å². The Kier molecular flexibility index (Phi) is 3.65. The zero-order valence-corrected chi connectivity index (χ0v) is 12.6. The van der Waals surface area contributed by atoms with Crippen LogP contribution in [0.1, 0.15) is 19.0 Å². The van der Waals surface area contributed by atoms with E-state index >= 15 is 0 Å². The largest absolute Gasteiger partial charge is 0.374 e. The van der Waals surface area contributed by atoms with Crippen molar-refractivity contribution in [1.82, 2.24) is 28.9 Å². The summed E-state index contributed by atoms with van der Waals surface area (Å²) >= 11 is 1.30. The SMILES string of the molecule is CCCNc1snnc1Cn1cnc2c(cnn2C)c1=O. The lowest BCUT2D eigenvalue weighted by Crippen LogP contribution is -2.21. The fraction of sp³-hybridized carbons (Fsp3) is 0.417. The highest BCUT2D eigenvalue weighted by molar-refractivity contribution is 7.10. The Morgan fingerprint density at radius 1 is 1.43 bits per heavy atom. The summed E-state index contributed by atoms with van der Waals surface area (Å²) in [6.07, 6.45) is 4.08. The first-order valence-electron chi connectivity index (χ1n) is 6.63. The van der Waals surface area contributed by atoms with Crippen LogP contribution in [0.25, 0.3) is 11.0 Å². The molecule has 8 nitrogen and oxygen atoms in total. The smallest absolute Gasteiger partial charge is 0.264 e. The number of fused-ring (bicyclic) bond motifs is 1. The molecule has 1 N–H and O–H groups in total. The Morgan fingerprint density at radius 3 is 3.10 bits per heavy atom. The molecule has 21 heavy (non-hydrogen) atoms. The first kappa shape index (κ1) is 13.7. The van der Waals surface area contributed by atoms with Crippen molar-refractivity contribution in [2.45, 2.75) is 19.9 Å². The maximum atomic E-state index is 12.4. The maximum absolute atomic E-state index is 12.4. The fourth-order valence-corrected chi connectivity index (χ4v) is 2.62. The van der Waals surface area contributed by atoms with Crippen molar-refractivity contribution >= 4 is 27.6 Å². The summed E-state index contributed by atoms with van der Waals surface area (Å²) in [4.78, 5) is 16.7. The Hall–Kier alpha value is -2.29. The number of nitrogens with zero attached hydrogens (tertiary/aromatic N) is 6. The lowest BCUT2D eigenvalue weighted by Gasteiger charge is -2.06. The van der Waals surface area contributed by atoms with E-state index in [2.05, 4.69) is 31.9 Å². The van der Waals surface area contributed by atoms with E-state index in [9.17, 15) is 4.79 Å². The molecule has 0 aromatic carbocycles. The molecular formula is C12H15N7OS. The number of aromatic nitrogens is 6. The van der Waals surface area contributed by atoms with Crippen LogP contribution in [0.4, 0.5) is 5.00 Å². The lowest BCUT2D eigenvalue weighted by atomic mass is 10.4. The average molecular weight is 305 g/mol. The van der Waals surface area contributed by atoms with Gasteiger partial charge in [-0.25, -0.2) is 4.98 Å². The highest BCUT2D eigenvalue weighted by Crippen LogP contribution is 2.18. The quantitative estimate of drug-likeness (QED) is 0.751. The molecule has 0 fully saturated rings. The molecule has 0 saturated heterocycles. The van der Waals surface area contributed by atoms with Gasteiger partial charge >= 0.3 is 0 Å². The number of rotatable bonds is 5. The molecule has 3 aromatic rings. The molecule has 0 aliphatic rings. The third kappa shape index (κ3) is 2.51. The van der Waals surface area contributed by atoms with Crippen molar-refractivity contribution < 1.29 is 0 Å². The zero-order valence-electron chi connectivity index (χ0n) is 11.8. The standard InChI is InChI=1S/C12H15N7OS/c1-3-4-13-11-9(16-17-21-11)6-19-7-14-10-8(12(19)20)5-15-18(10)2/h5,7,13H,3-4,6H2,1-2H3. The topological polar surface area (TPSA) is 90.5 Å². The Bertz CT molecular complexity index is 818. The van der Waals surface area contributed by atoms with E-state index in [1.807, 2.05) is 0 Å². The number of hydrogen-bond acceptors (Lipinski definition) is 7. The van der Waals surface area contributed by atoms with Gasteiger partial charge in [0.25, 0.3) is 5.56 Å². The predicted molar refractivity (Wildman–Crippen MR) is 80.6 cm³/mol. The van der Waals surface area contributed by atoms with E-state index in [-0.39, 0.29) is 5.56 Å². The molecule has 110 valence electrons. The van der Waals surface area contributed by atoms with Crippen molar-refractivity contribution in [1.29, 1.82) is 0 Å². The second-order valence-corrected chi connectivity index (χ2v) is 5.41. The molecule has 0 bridgehead atoms. The van der Waals surface area contributed by atoms with E-state index in [4.69, 9.17) is 0 Å². The van der Waals surface area contributed by atoms with Gasteiger partial charge in [-0.1, -0.05) is 11.4 Å². The van der Waals surface area contributed by atoms with Gasteiger partial charge in [-0.15, -0.1) is 5.10 Å². The van der Waals surface area contributed by atoms with Gasteiger partial charge in [0.05, 0.1) is 12.7 Å². The van der Waals surface area contributed by atoms with Crippen molar-refractivity contribution in [2.75, 3.05) is 11.9 Å². The van der Waals surface area contributed by atoms with Crippen LogP contribution in [-0.2, 0) is 13.6 Å². The number of aryl methyl sites for hydroxylation is 1. The summed E-state index contributed by atoms with van der Waals surface area (Å²) in [5, 5.41) is 12.8. The molecule has 0 unspecified atom stereocenters. The molecule has 0 amide bonds. The van der Waals surface area contributed by atoms with Crippen LogP contribution in [0.5, 0.6) is 0 Å². The summed E-state index contributed by atoms with van der Waals surface area (Å²) < 4.78 is 7.05. The van der Waals surface area contributed by atoms with Crippen LogP contribution in [0.15, 0.2) is 17.3 Å². The normalized spacial score (nSPS) is 11.1. The monoisotopic (exact) mass is 305 g/mol. The van der Waals surface area contributed by atoms with Gasteiger partial charge in [0.1, 0.15) is 22.4 Å². The maximum Gasteiger partial charge on any atom is 0.264 e. The van der Waals surface area contributed by atoms with Gasteiger partial charge in [0.2, 0.25) is 0 Å². The minimum absolute atomic E-state index is 0.123. The molecule has 0 saturated carbocycles. The van der Waals surface area contributed by atoms with Gasteiger partial charge in [-0.05, 0) is 6.42 Å². The van der Waals surface area contributed by atoms with E-state index in [0.29, 0.717) is 17.6 Å². The highest BCUT2D eigenvalue weighted by atomic mass is 32.1. The molecule has 0 aliphatic carbocycles. The van der Waals surface area contributed by atoms with Crippen LogP contribution >= 0.6 is 11.5 Å². The molecule has 0 atom stereocenters. The highest BCUT2D eigenvalue weighted by Gasteiger charge is 2.12. The zero-order chi connectivity index (χ0) is 14.8. The molecule has 9 heteroatoms. The van der Waals surface area contributed by atoms with E-state index < -0.39 is 0 Å². The van der Waals surface area contributed by atoms with E-state index in [1.54, 1.807) is 11.7 Å².